The molecule has 1 saturated carbocycles. The maximum absolute atomic E-state index is 11.7. The van der Waals surface area contributed by atoms with Crippen molar-refractivity contribution in [2.75, 3.05) is 6.61 Å². The van der Waals surface area contributed by atoms with Gasteiger partial charge in [0.15, 0.2) is 0 Å². The van der Waals surface area contributed by atoms with Gasteiger partial charge in [0.1, 0.15) is 0 Å². The number of hydrogen-bond acceptors (Lipinski definition) is 2. The lowest BCUT2D eigenvalue weighted by Crippen LogP contribution is -2.53. The lowest BCUT2D eigenvalue weighted by atomic mass is 9.73. The van der Waals surface area contributed by atoms with Crippen LogP contribution in [0, 0.1) is 0 Å². The first kappa shape index (κ1) is 14.8. The largest absolute Gasteiger partial charge is 0.450 e. The first-order valence-electron chi connectivity index (χ1n) is 6.89. The third kappa shape index (κ3) is 4.94. The molecule has 1 N–H and O–H groups in total. The summed E-state index contributed by atoms with van der Waals surface area (Å²) in [7, 11) is 0. The quantitative estimate of drug-likeness (QED) is 0.497. The third-order valence-electron chi connectivity index (χ3n) is 3.53. The molecule has 0 unspecified atom stereocenters. The molecule has 1 amide bonds. The molecule has 0 saturated heterocycles. The van der Waals surface area contributed by atoms with Gasteiger partial charge < -0.3 is 10.1 Å². The molecule has 3 heteroatoms. The minimum Gasteiger partial charge on any atom is -0.450 e. The van der Waals surface area contributed by atoms with Crippen LogP contribution in [0.1, 0.15) is 51.4 Å². The Bertz CT molecular complexity index is 282. The molecule has 1 aliphatic rings. The predicted molar refractivity (Wildman–Crippen MR) is 74.5 cm³/mol. The van der Waals surface area contributed by atoms with Gasteiger partial charge in [-0.2, -0.15) is 0 Å². The Balaban J connectivity index is 2.22. The average Bonchev–Trinajstić information content (AvgIpc) is 2.32. The standard InChI is InChI=1S/C15H25NO2/c1-3-5-7-10-15(11-9-12-15)16-14(17)18-13-8-6-4-2/h3-4H,1-2,5-13H2,(H,16,17). The lowest BCUT2D eigenvalue weighted by Gasteiger charge is -2.42. The summed E-state index contributed by atoms with van der Waals surface area (Å²) >= 11 is 0. The van der Waals surface area contributed by atoms with Crippen molar-refractivity contribution >= 4 is 6.09 Å². The van der Waals surface area contributed by atoms with Crippen LogP contribution in [0.5, 0.6) is 0 Å². The SMILES string of the molecule is C=CCCCOC(=O)NC1(CCCC=C)CCC1. The molecule has 0 bridgehead atoms. The Morgan fingerprint density at radius 1 is 1.22 bits per heavy atom. The van der Waals surface area contributed by atoms with Crippen molar-refractivity contribution in [3.63, 3.8) is 0 Å². The highest BCUT2D eigenvalue weighted by Crippen LogP contribution is 2.36. The van der Waals surface area contributed by atoms with Gasteiger partial charge in [0, 0.05) is 5.54 Å². The number of unbranched alkanes of at least 4 members (excludes halogenated alkanes) is 2. The van der Waals surface area contributed by atoms with Crippen molar-refractivity contribution in [3.8, 4) is 0 Å². The smallest absolute Gasteiger partial charge is 0.407 e. The van der Waals surface area contributed by atoms with Gasteiger partial charge in [-0.05, 0) is 51.4 Å². The Labute approximate surface area is 110 Å². The zero-order valence-electron chi connectivity index (χ0n) is 11.2. The van der Waals surface area contributed by atoms with E-state index < -0.39 is 0 Å². The van der Waals surface area contributed by atoms with Crippen LogP contribution in [0.4, 0.5) is 4.79 Å². The second kappa shape index (κ2) is 7.96. The summed E-state index contributed by atoms with van der Waals surface area (Å²) in [5.74, 6) is 0. The highest BCUT2D eigenvalue weighted by atomic mass is 16.5. The zero-order chi connectivity index (χ0) is 13.3. The van der Waals surface area contributed by atoms with E-state index >= 15 is 0 Å². The summed E-state index contributed by atoms with van der Waals surface area (Å²) in [5.41, 5.74) is -0.00146. The van der Waals surface area contributed by atoms with Crippen LogP contribution in [-0.4, -0.2) is 18.2 Å². The van der Waals surface area contributed by atoms with Crippen LogP contribution in [0.3, 0.4) is 0 Å². The van der Waals surface area contributed by atoms with Crippen molar-refractivity contribution in [2.45, 2.75) is 56.9 Å². The number of carbonyl (C=O) groups is 1. The van der Waals surface area contributed by atoms with Crippen molar-refractivity contribution in [1.29, 1.82) is 0 Å². The Morgan fingerprint density at radius 2 is 1.89 bits per heavy atom. The maximum Gasteiger partial charge on any atom is 0.407 e. The summed E-state index contributed by atoms with van der Waals surface area (Å²) in [5, 5.41) is 3.04. The molecule has 1 fully saturated rings. The summed E-state index contributed by atoms with van der Waals surface area (Å²) in [6, 6.07) is 0. The summed E-state index contributed by atoms with van der Waals surface area (Å²) in [6.07, 6.45) is 11.7. The van der Waals surface area contributed by atoms with E-state index in [0.29, 0.717) is 6.61 Å². The molecular formula is C15H25NO2. The van der Waals surface area contributed by atoms with E-state index in [1.54, 1.807) is 0 Å². The van der Waals surface area contributed by atoms with E-state index in [-0.39, 0.29) is 11.6 Å². The second-order valence-electron chi connectivity index (χ2n) is 5.01. The fraction of sp³-hybridized carbons (Fsp3) is 0.667. The topological polar surface area (TPSA) is 38.3 Å². The van der Waals surface area contributed by atoms with E-state index in [1.807, 2.05) is 12.2 Å². The zero-order valence-corrected chi connectivity index (χ0v) is 11.2. The number of ether oxygens (including phenoxy) is 1. The molecule has 0 aromatic carbocycles. The molecule has 0 heterocycles. The van der Waals surface area contributed by atoms with Gasteiger partial charge in [0.05, 0.1) is 6.61 Å². The molecule has 0 spiro atoms. The summed E-state index contributed by atoms with van der Waals surface area (Å²) in [4.78, 5) is 11.7. The molecule has 0 aromatic heterocycles. The van der Waals surface area contributed by atoms with Crippen molar-refractivity contribution in [3.05, 3.63) is 25.3 Å². The molecule has 0 atom stereocenters. The van der Waals surface area contributed by atoms with Gasteiger partial charge in [0.2, 0.25) is 0 Å². The summed E-state index contributed by atoms with van der Waals surface area (Å²) < 4.78 is 5.16. The normalized spacial score (nSPS) is 16.4. The monoisotopic (exact) mass is 251 g/mol. The van der Waals surface area contributed by atoms with Crippen LogP contribution in [0.25, 0.3) is 0 Å². The minimum absolute atomic E-state index is 0.00146. The number of hydrogen-bond donors (Lipinski definition) is 1. The second-order valence-corrected chi connectivity index (χ2v) is 5.01. The maximum atomic E-state index is 11.7. The number of allylic oxidation sites excluding steroid dienone is 2. The van der Waals surface area contributed by atoms with E-state index in [0.717, 1.165) is 44.9 Å². The highest BCUT2D eigenvalue weighted by Gasteiger charge is 2.37. The van der Waals surface area contributed by atoms with Gasteiger partial charge in [-0.25, -0.2) is 4.79 Å². The van der Waals surface area contributed by atoms with E-state index in [4.69, 9.17) is 4.74 Å². The molecule has 0 radical (unpaired) electrons. The molecule has 3 nitrogen and oxygen atoms in total. The van der Waals surface area contributed by atoms with E-state index in [1.165, 1.54) is 6.42 Å². The third-order valence-corrected chi connectivity index (χ3v) is 3.53. The fourth-order valence-corrected chi connectivity index (χ4v) is 2.27. The number of nitrogens with one attached hydrogen (secondary N) is 1. The first-order chi connectivity index (χ1) is 8.72. The Hall–Kier alpha value is -1.25. The average molecular weight is 251 g/mol. The Morgan fingerprint density at radius 3 is 2.44 bits per heavy atom. The molecule has 102 valence electrons. The van der Waals surface area contributed by atoms with Gasteiger partial charge in [-0.15, -0.1) is 13.2 Å². The molecule has 1 rings (SSSR count). The van der Waals surface area contributed by atoms with Gasteiger partial charge in [-0.3, -0.25) is 0 Å². The van der Waals surface area contributed by atoms with E-state index in [2.05, 4.69) is 18.5 Å². The van der Waals surface area contributed by atoms with E-state index in [9.17, 15) is 4.79 Å². The highest BCUT2D eigenvalue weighted by molar-refractivity contribution is 5.68. The fourth-order valence-electron chi connectivity index (χ4n) is 2.27. The molecular weight excluding hydrogens is 226 g/mol. The number of rotatable bonds is 9. The van der Waals surface area contributed by atoms with Crippen molar-refractivity contribution in [1.82, 2.24) is 5.32 Å². The van der Waals surface area contributed by atoms with Crippen LogP contribution in [0.2, 0.25) is 0 Å². The first-order valence-corrected chi connectivity index (χ1v) is 6.89. The van der Waals surface area contributed by atoms with Crippen molar-refractivity contribution < 1.29 is 9.53 Å². The number of amides is 1. The van der Waals surface area contributed by atoms with Crippen LogP contribution >= 0.6 is 0 Å². The van der Waals surface area contributed by atoms with Gasteiger partial charge >= 0.3 is 6.09 Å². The molecule has 0 aliphatic heterocycles. The molecule has 1 aliphatic carbocycles. The van der Waals surface area contributed by atoms with Gasteiger partial charge in [0.25, 0.3) is 0 Å². The Kier molecular flexibility index (Phi) is 6.55. The molecule has 0 aromatic rings. The van der Waals surface area contributed by atoms with Crippen LogP contribution in [0.15, 0.2) is 25.3 Å². The van der Waals surface area contributed by atoms with Gasteiger partial charge in [-0.1, -0.05) is 12.2 Å². The minimum atomic E-state index is -0.266. The number of carbonyl (C=O) groups excluding carboxylic acids is 1. The van der Waals surface area contributed by atoms with Crippen LogP contribution < -0.4 is 5.32 Å². The van der Waals surface area contributed by atoms with Crippen LogP contribution in [-0.2, 0) is 4.74 Å². The summed E-state index contributed by atoms with van der Waals surface area (Å²) in [6.45, 7) is 7.83. The molecule has 18 heavy (non-hydrogen) atoms. The number of alkyl carbamates (subject to hydrolysis) is 1. The lowest BCUT2D eigenvalue weighted by molar-refractivity contribution is 0.106. The van der Waals surface area contributed by atoms with Crippen molar-refractivity contribution in [2.24, 2.45) is 0 Å². The predicted octanol–water partition coefficient (Wildman–Crippen LogP) is 3.96.